The maximum atomic E-state index is 12.6. The number of nitrogens with zero attached hydrogens (tertiary/aromatic N) is 5. The highest BCUT2D eigenvalue weighted by Crippen LogP contribution is 2.17. The number of fused-ring (bicyclic) bond motifs is 1. The molecule has 0 radical (unpaired) electrons. The lowest BCUT2D eigenvalue weighted by Crippen LogP contribution is -2.31. The highest BCUT2D eigenvalue weighted by Gasteiger charge is 2.17. The Morgan fingerprint density at radius 2 is 1.60 bits per heavy atom. The maximum Gasteiger partial charge on any atom is 0.262 e. The molecule has 5 rings (SSSR count). The maximum absolute atomic E-state index is 12.6. The van der Waals surface area contributed by atoms with E-state index in [1.807, 2.05) is 36.4 Å². The van der Waals surface area contributed by atoms with Gasteiger partial charge in [0.2, 0.25) is 0 Å². The van der Waals surface area contributed by atoms with Crippen molar-refractivity contribution in [1.82, 2.24) is 24.6 Å². The third-order valence-corrected chi connectivity index (χ3v) is 5.57. The predicted molar refractivity (Wildman–Crippen MR) is 118 cm³/mol. The monoisotopic (exact) mass is 400 g/mol. The summed E-state index contributed by atoms with van der Waals surface area (Å²) in [5.74, 6) is 0.679. The second kappa shape index (κ2) is 8.12. The quantitative estimate of drug-likeness (QED) is 0.570. The molecule has 2 aromatic carbocycles. The summed E-state index contributed by atoms with van der Waals surface area (Å²) < 4.78 is 1.73. The van der Waals surface area contributed by atoms with Crippen LogP contribution in [0.15, 0.2) is 71.7 Å². The van der Waals surface area contributed by atoms with E-state index in [2.05, 4.69) is 44.1 Å². The Morgan fingerprint density at radius 1 is 0.867 bits per heavy atom. The molecule has 0 aliphatic carbocycles. The normalized spacial score (nSPS) is 15.4. The van der Waals surface area contributed by atoms with E-state index in [-0.39, 0.29) is 5.56 Å². The molecule has 1 saturated heterocycles. The molecule has 1 aliphatic heterocycles. The van der Waals surface area contributed by atoms with Gasteiger partial charge in [0.05, 0.1) is 18.4 Å². The van der Waals surface area contributed by atoms with E-state index in [0.717, 1.165) is 38.3 Å². The van der Waals surface area contributed by atoms with Crippen LogP contribution >= 0.6 is 0 Å². The molecule has 0 unspecified atom stereocenters. The molecule has 0 atom stereocenters. The first-order valence-corrected chi connectivity index (χ1v) is 10.3. The minimum absolute atomic E-state index is 0.141. The van der Waals surface area contributed by atoms with Crippen LogP contribution < -0.4 is 10.5 Å². The van der Waals surface area contributed by atoms with Gasteiger partial charge >= 0.3 is 0 Å². The summed E-state index contributed by atoms with van der Waals surface area (Å²) in [5, 5.41) is 4.89. The summed E-state index contributed by atoms with van der Waals surface area (Å²) >= 11 is 0. The number of hydrogen-bond donors (Lipinski definition) is 1. The Bertz CT molecular complexity index is 1180. The van der Waals surface area contributed by atoms with Gasteiger partial charge in [-0.05, 0) is 30.7 Å². The number of aromatic nitrogens is 4. The molecule has 2 aromatic heterocycles. The van der Waals surface area contributed by atoms with Crippen molar-refractivity contribution in [2.75, 3.05) is 31.1 Å². The van der Waals surface area contributed by atoms with Crippen molar-refractivity contribution in [3.63, 3.8) is 0 Å². The largest absolute Gasteiger partial charge is 0.370 e. The number of benzene rings is 2. The summed E-state index contributed by atoms with van der Waals surface area (Å²) in [5.41, 5.74) is 2.61. The fourth-order valence-corrected chi connectivity index (χ4v) is 4.03. The summed E-state index contributed by atoms with van der Waals surface area (Å²) in [6.07, 6.45) is 2.66. The van der Waals surface area contributed by atoms with Gasteiger partial charge in [-0.2, -0.15) is 5.10 Å². The van der Waals surface area contributed by atoms with Gasteiger partial charge in [0, 0.05) is 31.9 Å². The lowest BCUT2D eigenvalue weighted by Gasteiger charge is -2.23. The zero-order valence-corrected chi connectivity index (χ0v) is 16.7. The fourth-order valence-electron chi connectivity index (χ4n) is 4.03. The highest BCUT2D eigenvalue weighted by atomic mass is 16.1. The van der Waals surface area contributed by atoms with Gasteiger partial charge in [-0.3, -0.25) is 9.69 Å². The minimum atomic E-state index is -0.141. The molecule has 0 spiro atoms. The van der Waals surface area contributed by atoms with E-state index in [4.69, 9.17) is 4.98 Å². The second-order valence-corrected chi connectivity index (χ2v) is 7.59. The number of hydrogen-bond acceptors (Lipinski definition) is 5. The zero-order chi connectivity index (χ0) is 20.3. The SMILES string of the molecule is O=c1[nH]c(CN2CCCN(c3ccccc3)CC2)nc2c1cnn2-c1ccccc1. The van der Waals surface area contributed by atoms with Gasteiger partial charge in [-0.25, -0.2) is 9.67 Å². The molecule has 0 bridgehead atoms. The number of aromatic amines is 1. The molecule has 7 nitrogen and oxygen atoms in total. The molecule has 30 heavy (non-hydrogen) atoms. The molecule has 7 heteroatoms. The molecule has 4 aromatic rings. The third-order valence-electron chi connectivity index (χ3n) is 5.57. The van der Waals surface area contributed by atoms with E-state index in [0.29, 0.717) is 23.4 Å². The summed E-state index contributed by atoms with van der Waals surface area (Å²) in [6, 6.07) is 20.3. The standard InChI is InChI=1S/C23H24N6O/c30-23-20-16-24-29(19-10-5-2-6-11-19)22(20)25-21(26-23)17-27-12-7-13-28(15-14-27)18-8-3-1-4-9-18/h1-6,8-11,16H,7,12-15,17H2,(H,25,26,30). The van der Waals surface area contributed by atoms with E-state index >= 15 is 0 Å². The second-order valence-electron chi connectivity index (χ2n) is 7.59. The van der Waals surface area contributed by atoms with E-state index in [1.165, 1.54) is 5.69 Å². The van der Waals surface area contributed by atoms with Gasteiger partial charge < -0.3 is 9.88 Å². The van der Waals surface area contributed by atoms with Crippen LogP contribution in [0.25, 0.3) is 16.7 Å². The number of nitrogens with one attached hydrogen (secondary N) is 1. The molecule has 1 fully saturated rings. The van der Waals surface area contributed by atoms with Gasteiger partial charge in [0.15, 0.2) is 5.65 Å². The van der Waals surface area contributed by atoms with Gasteiger partial charge in [-0.15, -0.1) is 0 Å². The molecular weight excluding hydrogens is 376 g/mol. The summed E-state index contributed by atoms with van der Waals surface area (Å²) in [4.78, 5) is 25.1. The Morgan fingerprint density at radius 3 is 2.37 bits per heavy atom. The van der Waals surface area contributed by atoms with Crippen LogP contribution in [0.3, 0.4) is 0 Å². The van der Waals surface area contributed by atoms with Crippen molar-refractivity contribution in [1.29, 1.82) is 0 Å². The van der Waals surface area contributed by atoms with Crippen LogP contribution in [0.2, 0.25) is 0 Å². The molecule has 1 N–H and O–H groups in total. The Kier molecular flexibility index (Phi) is 5.03. The summed E-state index contributed by atoms with van der Waals surface area (Å²) in [6.45, 7) is 4.51. The first-order valence-electron chi connectivity index (χ1n) is 10.3. The molecular formula is C23H24N6O. The average Bonchev–Trinajstić information content (AvgIpc) is 3.08. The Balaban J connectivity index is 1.37. The first kappa shape index (κ1) is 18.6. The van der Waals surface area contributed by atoms with Crippen molar-refractivity contribution in [3.05, 3.63) is 83.0 Å². The van der Waals surface area contributed by atoms with Crippen molar-refractivity contribution < 1.29 is 0 Å². The van der Waals surface area contributed by atoms with E-state index in [9.17, 15) is 4.79 Å². The average molecular weight is 400 g/mol. The lowest BCUT2D eigenvalue weighted by molar-refractivity contribution is 0.278. The number of anilines is 1. The zero-order valence-electron chi connectivity index (χ0n) is 16.7. The lowest BCUT2D eigenvalue weighted by atomic mass is 10.3. The molecule has 3 heterocycles. The molecule has 152 valence electrons. The molecule has 1 aliphatic rings. The predicted octanol–water partition coefficient (Wildman–Crippen LogP) is 2.82. The summed E-state index contributed by atoms with van der Waals surface area (Å²) in [7, 11) is 0. The van der Waals surface area contributed by atoms with E-state index in [1.54, 1.807) is 10.9 Å². The smallest absolute Gasteiger partial charge is 0.262 e. The van der Waals surface area contributed by atoms with Crippen LogP contribution in [0.1, 0.15) is 12.2 Å². The third kappa shape index (κ3) is 3.71. The first-order chi connectivity index (χ1) is 14.8. The van der Waals surface area contributed by atoms with Gasteiger partial charge in [0.25, 0.3) is 5.56 Å². The number of para-hydroxylation sites is 2. The minimum Gasteiger partial charge on any atom is -0.370 e. The van der Waals surface area contributed by atoms with Crippen LogP contribution in [0.4, 0.5) is 5.69 Å². The van der Waals surface area contributed by atoms with Gasteiger partial charge in [0.1, 0.15) is 11.2 Å². The number of H-pyrrole nitrogens is 1. The topological polar surface area (TPSA) is 70.1 Å². The highest BCUT2D eigenvalue weighted by molar-refractivity contribution is 5.75. The Hall–Kier alpha value is -3.45. The van der Waals surface area contributed by atoms with Crippen molar-refractivity contribution >= 4 is 16.7 Å². The van der Waals surface area contributed by atoms with Crippen LogP contribution in [-0.2, 0) is 6.54 Å². The van der Waals surface area contributed by atoms with Crippen LogP contribution in [0, 0.1) is 0 Å². The van der Waals surface area contributed by atoms with Crippen molar-refractivity contribution in [2.45, 2.75) is 13.0 Å². The van der Waals surface area contributed by atoms with Crippen LogP contribution in [0.5, 0.6) is 0 Å². The van der Waals surface area contributed by atoms with Crippen molar-refractivity contribution in [3.8, 4) is 5.69 Å². The molecule has 0 amide bonds. The molecule has 0 saturated carbocycles. The number of rotatable bonds is 4. The van der Waals surface area contributed by atoms with Gasteiger partial charge in [-0.1, -0.05) is 36.4 Å². The fraction of sp³-hybridized carbons (Fsp3) is 0.261. The van der Waals surface area contributed by atoms with Crippen LogP contribution in [-0.4, -0.2) is 50.8 Å². The van der Waals surface area contributed by atoms with E-state index < -0.39 is 0 Å². The van der Waals surface area contributed by atoms with Crippen molar-refractivity contribution in [2.24, 2.45) is 0 Å². The Labute approximate surface area is 174 Å².